The molecule has 0 bridgehead atoms. The first-order chi connectivity index (χ1) is 9.63. The molecule has 0 aliphatic carbocycles. The monoisotopic (exact) mass is 266 g/mol. The van der Waals surface area contributed by atoms with Gasteiger partial charge in [0.15, 0.2) is 5.78 Å². The summed E-state index contributed by atoms with van der Waals surface area (Å²) < 4.78 is 1.67. The van der Waals surface area contributed by atoms with E-state index in [9.17, 15) is 4.79 Å². The van der Waals surface area contributed by atoms with E-state index >= 15 is 0 Å². The maximum absolute atomic E-state index is 12.3. The second-order valence-electron chi connectivity index (χ2n) is 4.74. The zero-order valence-electron chi connectivity index (χ0n) is 11.1. The van der Waals surface area contributed by atoms with Crippen molar-refractivity contribution in [2.45, 2.75) is 6.42 Å². The van der Waals surface area contributed by atoms with E-state index in [1.54, 1.807) is 16.9 Å². The molecule has 3 rings (SSSR count). The van der Waals surface area contributed by atoms with Crippen LogP contribution in [0.5, 0.6) is 0 Å². The van der Waals surface area contributed by atoms with E-state index in [0.717, 1.165) is 16.5 Å². The van der Waals surface area contributed by atoms with Gasteiger partial charge in [0, 0.05) is 30.7 Å². The highest BCUT2D eigenvalue weighted by molar-refractivity contribution is 6.01. The number of para-hydroxylation sites is 1. The van der Waals surface area contributed by atoms with E-state index < -0.39 is 0 Å². The van der Waals surface area contributed by atoms with Crippen molar-refractivity contribution in [1.29, 1.82) is 0 Å². The van der Waals surface area contributed by atoms with Crippen molar-refractivity contribution in [3.05, 3.63) is 54.0 Å². The number of Topliss-reactive ketones (excluding diaryl/α,β-unsaturated/α-hetero) is 1. The lowest BCUT2D eigenvalue weighted by Crippen LogP contribution is -2.07. The maximum atomic E-state index is 12.3. The third-order valence-corrected chi connectivity index (χ3v) is 3.16. The summed E-state index contributed by atoms with van der Waals surface area (Å²) in [4.78, 5) is 16.6. The molecule has 2 heterocycles. The summed E-state index contributed by atoms with van der Waals surface area (Å²) in [6.45, 7) is 0. The number of hydrogen-bond acceptors (Lipinski definition) is 4. The molecule has 0 aliphatic heterocycles. The number of aromatic nitrogens is 3. The number of ketones is 1. The fraction of sp³-hybridized carbons (Fsp3) is 0.133. The molecule has 5 nitrogen and oxygen atoms in total. The van der Waals surface area contributed by atoms with Gasteiger partial charge in [-0.3, -0.25) is 9.48 Å². The number of rotatable bonds is 3. The SMILES string of the molecule is Cn1cc(CC(=O)c2cc(N)c3ccccc3n2)cn1. The lowest BCUT2D eigenvalue weighted by Gasteiger charge is -2.05. The molecule has 0 atom stereocenters. The van der Waals surface area contributed by atoms with Gasteiger partial charge in [0.2, 0.25) is 0 Å². The Balaban J connectivity index is 1.95. The molecule has 0 fully saturated rings. The van der Waals surface area contributed by atoms with Crippen LogP contribution in [0.4, 0.5) is 5.69 Å². The minimum absolute atomic E-state index is 0.0598. The summed E-state index contributed by atoms with van der Waals surface area (Å²) in [6.07, 6.45) is 3.78. The van der Waals surface area contributed by atoms with Crippen LogP contribution in [0.2, 0.25) is 0 Å². The lowest BCUT2D eigenvalue weighted by molar-refractivity contribution is 0.0988. The maximum Gasteiger partial charge on any atom is 0.185 e. The van der Waals surface area contributed by atoms with Gasteiger partial charge in [-0.15, -0.1) is 0 Å². The summed E-state index contributed by atoms with van der Waals surface area (Å²) in [5.41, 5.74) is 8.56. The molecule has 0 aliphatic rings. The van der Waals surface area contributed by atoms with Crippen LogP contribution in [-0.4, -0.2) is 20.5 Å². The first-order valence-electron chi connectivity index (χ1n) is 6.29. The molecule has 0 unspecified atom stereocenters. The van der Waals surface area contributed by atoms with Crippen LogP contribution in [0.3, 0.4) is 0 Å². The van der Waals surface area contributed by atoms with E-state index in [4.69, 9.17) is 5.73 Å². The van der Waals surface area contributed by atoms with Crippen molar-refractivity contribution in [2.24, 2.45) is 7.05 Å². The van der Waals surface area contributed by atoms with Crippen molar-refractivity contribution in [2.75, 3.05) is 5.73 Å². The Morgan fingerprint density at radius 1 is 1.35 bits per heavy atom. The van der Waals surface area contributed by atoms with E-state index in [-0.39, 0.29) is 12.2 Å². The second kappa shape index (κ2) is 4.77. The summed E-state index contributed by atoms with van der Waals surface area (Å²) in [5.74, 6) is -0.0598. The van der Waals surface area contributed by atoms with Crippen LogP contribution < -0.4 is 5.73 Å². The number of carbonyl (C=O) groups is 1. The van der Waals surface area contributed by atoms with Crippen LogP contribution in [0.1, 0.15) is 16.1 Å². The molecule has 100 valence electrons. The highest BCUT2D eigenvalue weighted by Gasteiger charge is 2.12. The number of nitrogens with zero attached hydrogens (tertiary/aromatic N) is 3. The van der Waals surface area contributed by atoms with E-state index in [2.05, 4.69) is 10.1 Å². The average molecular weight is 266 g/mol. The van der Waals surface area contributed by atoms with Crippen LogP contribution >= 0.6 is 0 Å². The standard InChI is InChI=1S/C15H14N4O/c1-19-9-10(8-17-19)6-15(20)14-7-12(16)11-4-2-3-5-13(11)18-14/h2-5,7-9H,6H2,1H3,(H2,16,18). The van der Waals surface area contributed by atoms with Crippen molar-refractivity contribution in [3.63, 3.8) is 0 Å². The summed E-state index contributed by atoms with van der Waals surface area (Å²) in [5, 5.41) is 4.92. The van der Waals surface area contributed by atoms with Crippen LogP contribution in [0.15, 0.2) is 42.7 Å². The number of pyridine rings is 1. The van der Waals surface area contributed by atoms with Gasteiger partial charge in [-0.2, -0.15) is 5.10 Å². The van der Waals surface area contributed by atoms with E-state index in [1.165, 1.54) is 0 Å². The Morgan fingerprint density at radius 2 is 2.15 bits per heavy atom. The minimum atomic E-state index is -0.0598. The fourth-order valence-electron chi connectivity index (χ4n) is 2.18. The topological polar surface area (TPSA) is 73.8 Å². The van der Waals surface area contributed by atoms with Crippen molar-refractivity contribution in [1.82, 2.24) is 14.8 Å². The minimum Gasteiger partial charge on any atom is -0.398 e. The quantitative estimate of drug-likeness (QED) is 0.735. The van der Waals surface area contributed by atoms with Gasteiger partial charge in [-0.1, -0.05) is 18.2 Å². The molecule has 0 radical (unpaired) electrons. The first kappa shape index (κ1) is 12.3. The van der Waals surface area contributed by atoms with E-state index in [0.29, 0.717) is 11.4 Å². The van der Waals surface area contributed by atoms with Gasteiger partial charge in [0.25, 0.3) is 0 Å². The number of hydrogen-bond donors (Lipinski definition) is 1. The van der Waals surface area contributed by atoms with Crippen LogP contribution in [-0.2, 0) is 13.5 Å². The summed E-state index contributed by atoms with van der Waals surface area (Å²) >= 11 is 0. The van der Waals surface area contributed by atoms with Crippen LogP contribution in [0, 0.1) is 0 Å². The molecule has 0 spiro atoms. The van der Waals surface area contributed by atoms with Crippen molar-refractivity contribution >= 4 is 22.4 Å². The van der Waals surface area contributed by atoms with Gasteiger partial charge in [-0.25, -0.2) is 4.98 Å². The highest BCUT2D eigenvalue weighted by atomic mass is 16.1. The Labute approximate surface area is 116 Å². The molecule has 2 aromatic heterocycles. The molecule has 0 saturated heterocycles. The highest BCUT2D eigenvalue weighted by Crippen LogP contribution is 2.20. The Morgan fingerprint density at radius 3 is 2.90 bits per heavy atom. The second-order valence-corrected chi connectivity index (χ2v) is 4.74. The van der Waals surface area contributed by atoms with Gasteiger partial charge < -0.3 is 5.73 Å². The van der Waals surface area contributed by atoms with Crippen molar-refractivity contribution < 1.29 is 4.79 Å². The molecule has 1 aromatic carbocycles. The molecule has 5 heteroatoms. The molecular formula is C15H14N4O. The molecule has 2 N–H and O–H groups in total. The Hall–Kier alpha value is -2.69. The number of nitrogen functional groups attached to an aromatic ring is 1. The van der Waals surface area contributed by atoms with Crippen molar-refractivity contribution in [3.8, 4) is 0 Å². The Bertz CT molecular complexity index is 791. The predicted molar refractivity (Wildman–Crippen MR) is 77.4 cm³/mol. The zero-order valence-corrected chi connectivity index (χ0v) is 11.1. The molecule has 3 aromatic rings. The molecular weight excluding hydrogens is 252 g/mol. The van der Waals surface area contributed by atoms with Gasteiger partial charge in [0.1, 0.15) is 5.69 Å². The summed E-state index contributed by atoms with van der Waals surface area (Å²) in [7, 11) is 1.82. The molecule has 0 amide bonds. The normalized spacial score (nSPS) is 10.8. The number of nitrogens with two attached hydrogens (primary N) is 1. The molecule has 0 saturated carbocycles. The van der Waals surface area contributed by atoms with Crippen LogP contribution in [0.25, 0.3) is 10.9 Å². The summed E-state index contributed by atoms with van der Waals surface area (Å²) in [6, 6.07) is 9.17. The number of carbonyl (C=O) groups excluding carboxylic acids is 1. The van der Waals surface area contributed by atoms with Gasteiger partial charge in [-0.05, 0) is 17.7 Å². The Kier molecular flexibility index (Phi) is 2.95. The fourth-order valence-corrected chi connectivity index (χ4v) is 2.18. The third-order valence-electron chi connectivity index (χ3n) is 3.16. The smallest absolute Gasteiger partial charge is 0.185 e. The van der Waals surface area contributed by atoms with E-state index in [1.807, 2.05) is 37.5 Å². The number of benzene rings is 1. The predicted octanol–water partition coefficient (Wildman–Crippen LogP) is 1.98. The number of anilines is 1. The number of fused-ring (bicyclic) bond motifs is 1. The third kappa shape index (κ3) is 2.25. The largest absolute Gasteiger partial charge is 0.398 e. The van der Waals surface area contributed by atoms with Gasteiger partial charge in [0.05, 0.1) is 11.7 Å². The lowest BCUT2D eigenvalue weighted by atomic mass is 10.1. The van der Waals surface area contributed by atoms with Gasteiger partial charge >= 0.3 is 0 Å². The average Bonchev–Trinajstić information content (AvgIpc) is 2.84. The number of aryl methyl sites for hydroxylation is 1. The first-order valence-corrected chi connectivity index (χ1v) is 6.29. The molecule has 20 heavy (non-hydrogen) atoms. The zero-order chi connectivity index (χ0) is 14.1.